The van der Waals surface area contributed by atoms with Crippen LogP contribution in [0.1, 0.15) is 10.5 Å². The molecule has 124 valence electrons. The van der Waals surface area contributed by atoms with Crippen LogP contribution >= 0.6 is 0 Å². The van der Waals surface area contributed by atoms with Gasteiger partial charge >= 0.3 is 0 Å². The van der Waals surface area contributed by atoms with Crippen molar-refractivity contribution < 1.29 is 4.79 Å². The summed E-state index contributed by atoms with van der Waals surface area (Å²) in [5.41, 5.74) is 1.73. The molecule has 7 nitrogen and oxygen atoms in total. The molecule has 1 amide bonds. The highest BCUT2D eigenvalue weighted by atomic mass is 16.2. The highest BCUT2D eigenvalue weighted by Crippen LogP contribution is 2.14. The van der Waals surface area contributed by atoms with Gasteiger partial charge < -0.3 is 10.3 Å². The molecule has 0 saturated carbocycles. The SMILES string of the molecule is O=C(NCCn1nnc2ccccc2c1=O)c1cc2ccccc2[nH]1. The van der Waals surface area contributed by atoms with Crippen molar-refractivity contribution in [2.45, 2.75) is 6.54 Å². The zero-order valence-electron chi connectivity index (χ0n) is 13.3. The van der Waals surface area contributed by atoms with Crippen molar-refractivity contribution in [3.63, 3.8) is 0 Å². The number of carbonyl (C=O) groups excluding carboxylic acids is 1. The number of fused-ring (bicyclic) bond motifs is 2. The second kappa shape index (κ2) is 6.20. The summed E-state index contributed by atoms with van der Waals surface area (Å²) in [5.74, 6) is -0.224. The first-order valence-electron chi connectivity index (χ1n) is 7.91. The Hall–Kier alpha value is -3.48. The Morgan fingerprint density at radius 2 is 1.92 bits per heavy atom. The third-order valence-corrected chi connectivity index (χ3v) is 4.01. The molecule has 0 aliphatic heterocycles. The van der Waals surface area contributed by atoms with Gasteiger partial charge in [-0.05, 0) is 24.3 Å². The van der Waals surface area contributed by atoms with Crippen molar-refractivity contribution in [3.8, 4) is 0 Å². The van der Waals surface area contributed by atoms with Crippen LogP contribution in [0.25, 0.3) is 21.8 Å². The van der Waals surface area contributed by atoms with Crippen molar-refractivity contribution in [1.29, 1.82) is 0 Å². The van der Waals surface area contributed by atoms with E-state index in [9.17, 15) is 9.59 Å². The Balaban J connectivity index is 1.46. The van der Waals surface area contributed by atoms with Gasteiger partial charge in [0.25, 0.3) is 11.5 Å². The Labute approximate surface area is 142 Å². The second-order valence-electron chi connectivity index (χ2n) is 5.66. The fourth-order valence-corrected chi connectivity index (χ4v) is 2.74. The maximum Gasteiger partial charge on any atom is 0.277 e. The summed E-state index contributed by atoms with van der Waals surface area (Å²) in [4.78, 5) is 27.6. The van der Waals surface area contributed by atoms with E-state index in [0.29, 0.717) is 16.6 Å². The summed E-state index contributed by atoms with van der Waals surface area (Å²) < 4.78 is 1.26. The van der Waals surface area contributed by atoms with Crippen molar-refractivity contribution in [1.82, 2.24) is 25.3 Å². The first-order chi connectivity index (χ1) is 12.2. The lowest BCUT2D eigenvalue weighted by Crippen LogP contribution is -2.32. The molecule has 0 atom stereocenters. The molecule has 0 aliphatic carbocycles. The Kier molecular flexibility index (Phi) is 3.74. The van der Waals surface area contributed by atoms with Gasteiger partial charge in [0.1, 0.15) is 11.2 Å². The maximum atomic E-state index is 12.3. The number of nitrogens with zero attached hydrogens (tertiary/aromatic N) is 3. The molecule has 0 fully saturated rings. The summed E-state index contributed by atoms with van der Waals surface area (Å²) in [7, 11) is 0. The molecule has 25 heavy (non-hydrogen) atoms. The highest BCUT2D eigenvalue weighted by Gasteiger charge is 2.09. The Bertz CT molecular complexity index is 1100. The molecular formula is C18H15N5O2. The molecule has 2 aromatic carbocycles. The van der Waals surface area contributed by atoms with Crippen molar-refractivity contribution in [2.24, 2.45) is 0 Å². The molecule has 2 aromatic heterocycles. The number of aromatic nitrogens is 4. The normalized spacial score (nSPS) is 11.0. The summed E-state index contributed by atoms with van der Waals surface area (Å²) in [6, 6.07) is 16.5. The molecule has 0 saturated heterocycles. The van der Waals surface area contributed by atoms with Crippen LogP contribution in [0.3, 0.4) is 0 Å². The largest absolute Gasteiger partial charge is 0.351 e. The average molecular weight is 333 g/mol. The average Bonchev–Trinajstić information content (AvgIpc) is 3.08. The molecule has 0 aliphatic rings. The van der Waals surface area contributed by atoms with Gasteiger partial charge in [-0.2, -0.15) is 0 Å². The van der Waals surface area contributed by atoms with Gasteiger partial charge in [-0.25, -0.2) is 4.68 Å². The number of carbonyl (C=O) groups is 1. The van der Waals surface area contributed by atoms with E-state index in [1.54, 1.807) is 30.3 Å². The third-order valence-electron chi connectivity index (χ3n) is 4.01. The standard InChI is InChI=1S/C18H15N5O2/c24-17(16-11-12-5-1-3-7-14(12)20-16)19-9-10-23-18(25)13-6-2-4-8-15(13)21-22-23/h1-8,11,20H,9-10H2,(H,19,24). The van der Waals surface area contributed by atoms with Crippen LogP contribution in [-0.4, -0.2) is 32.4 Å². The molecular weight excluding hydrogens is 318 g/mol. The Morgan fingerprint density at radius 3 is 2.80 bits per heavy atom. The van der Waals surface area contributed by atoms with E-state index in [4.69, 9.17) is 0 Å². The molecule has 2 N–H and O–H groups in total. The minimum Gasteiger partial charge on any atom is -0.351 e. The van der Waals surface area contributed by atoms with Gasteiger partial charge in [0, 0.05) is 17.4 Å². The van der Waals surface area contributed by atoms with Crippen LogP contribution in [0.15, 0.2) is 59.4 Å². The molecule has 4 aromatic rings. The molecule has 4 rings (SSSR count). The lowest BCUT2D eigenvalue weighted by Gasteiger charge is -2.06. The predicted octanol–water partition coefficient (Wildman–Crippen LogP) is 1.70. The summed E-state index contributed by atoms with van der Waals surface area (Å²) in [5, 5.41) is 12.2. The van der Waals surface area contributed by atoms with Gasteiger partial charge in [-0.3, -0.25) is 9.59 Å². The number of H-pyrrole nitrogens is 1. The molecule has 2 heterocycles. The fourth-order valence-electron chi connectivity index (χ4n) is 2.74. The lowest BCUT2D eigenvalue weighted by molar-refractivity contribution is 0.0947. The van der Waals surface area contributed by atoms with Crippen LogP contribution in [0.5, 0.6) is 0 Å². The van der Waals surface area contributed by atoms with Crippen LogP contribution in [0.4, 0.5) is 0 Å². The third kappa shape index (κ3) is 2.87. The smallest absolute Gasteiger partial charge is 0.277 e. The quantitative estimate of drug-likeness (QED) is 0.594. The number of benzene rings is 2. The van der Waals surface area contributed by atoms with Crippen molar-refractivity contribution in [3.05, 3.63) is 70.6 Å². The summed E-state index contributed by atoms with van der Waals surface area (Å²) in [6.07, 6.45) is 0. The van der Waals surface area contributed by atoms with Crippen LogP contribution in [-0.2, 0) is 6.54 Å². The van der Waals surface area contributed by atoms with E-state index in [1.807, 2.05) is 24.3 Å². The zero-order valence-corrected chi connectivity index (χ0v) is 13.3. The van der Waals surface area contributed by atoms with Gasteiger partial charge in [0.15, 0.2) is 0 Å². The van der Waals surface area contributed by atoms with E-state index in [-0.39, 0.29) is 24.6 Å². The second-order valence-corrected chi connectivity index (χ2v) is 5.66. The number of hydrogen-bond acceptors (Lipinski definition) is 4. The van der Waals surface area contributed by atoms with Crippen LogP contribution in [0, 0.1) is 0 Å². The van der Waals surface area contributed by atoms with E-state index >= 15 is 0 Å². The van der Waals surface area contributed by atoms with Gasteiger partial charge in [-0.15, -0.1) is 5.10 Å². The van der Waals surface area contributed by atoms with Crippen molar-refractivity contribution >= 4 is 27.7 Å². The van der Waals surface area contributed by atoms with E-state index < -0.39 is 0 Å². The minimum absolute atomic E-state index is 0.217. The predicted molar refractivity (Wildman–Crippen MR) is 94.4 cm³/mol. The van der Waals surface area contributed by atoms with Gasteiger partial charge in [0.2, 0.25) is 0 Å². The first kappa shape index (κ1) is 15.1. The van der Waals surface area contributed by atoms with Crippen molar-refractivity contribution in [2.75, 3.05) is 6.54 Å². The molecule has 0 bridgehead atoms. The molecule has 0 unspecified atom stereocenters. The van der Waals surface area contributed by atoms with Gasteiger partial charge in [0.05, 0.1) is 11.9 Å². The lowest BCUT2D eigenvalue weighted by atomic mass is 10.2. The van der Waals surface area contributed by atoms with E-state index in [1.165, 1.54) is 4.68 Å². The highest BCUT2D eigenvalue weighted by molar-refractivity contribution is 5.97. The van der Waals surface area contributed by atoms with E-state index in [2.05, 4.69) is 20.6 Å². The van der Waals surface area contributed by atoms with Crippen LogP contribution < -0.4 is 10.9 Å². The van der Waals surface area contributed by atoms with Gasteiger partial charge in [-0.1, -0.05) is 35.5 Å². The molecule has 0 spiro atoms. The Morgan fingerprint density at radius 1 is 1.12 bits per heavy atom. The summed E-state index contributed by atoms with van der Waals surface area (Å²) in [6.45, 7) is 0.532. The first-order valence-corrected chi connectivity index (χ1v) is 7.91. The number of amides is 1. The minimum atomic E-state index is -0.224. The summed E-state index contributed by atoms with van der Waals surface area (Å²) >= 11 is 0. The number of rotatable bonds is 4. The number of nitrogens with one attached hydrogen (secondary N) is 2. The maximum absolute atomic E-state index is 12.3. The van der Waals surface area contributed by atoms with Crippen LogP contribution in [0.2, 0.25) is 0 Å². The zero-order chi connectivity index (χ0) is 17.2. The molecule has 0 radical (unpaired) electrons. The van der Waals surface area contributed by atoms with E-state index in [0.717, 1.165) is 10.9 Å². The monoisotopic (exact) mass is 333 g/mol. The number of aromatic amines is 1. The fraction of sp³-hybridized carbons (Fsp3) is 0.111. The molecule has 7 heteroatoms. The topological polar surface area (TPSA) is 92.7 Å². The number of hydrogen-bond donors (Lipinski definition) is 2. The number of para-hydroxylation sites is 1.